The van der Waals surface area contributed by atoms with Gasteiger partial charge in [0.25, 0.3) is 0 Å². The van der Waals surface area contributed by atoms with Crippen molar-refractivity contribution in [1.82, 2.24) is 20.5 Å². The van der Waals surface area contributed by atoms with Crippen molar-refractivity contribution in [2.45, 2.75) is 11.9 Å². The Hall–Kier alpha value is -2.95. The average Bonchev–Trinajstić information content (AvgIpc) is 3.00. The Morgan fingerprint density at radius 1 is 1.38 bits per heavy atom. The predicted molar refractivity (Wildman–Crippen MR) is 81.0 cm³/mol. The number of nitrogens with one attached hydrogen (secondary N) is 2. The molecule has 128 valence electrons. The molecule has 0 aliphatic carbocycles. The van der Waals surface area contributed by atoms with Crippen LogP contribution in [0.2, 0.25) is 0 Å². The topological polar surface area (TPSA) is 151 Å². The minimum absolute atomic E-state index is 0.00273. The number of carboxylic acid groups (broad SMARTS) is 1. The van der Waals surface area contributed by atoms with Gasteiger partial charge in [0.15, 0.2) is 5.03 Å². The highest BCUT2D eigenvalue weighted by Gasteiger charge is 2.31. The van der Waals surface area contributed by atoms with Gasteiger partial charge in [-0.15, -0.1) is 0 Å². The first-order valence-corrected chi connectivity index (χ1v) is 8.38. The number of hydrogen-bond donors (Lipinski definition) is 3. The zero-order valence-corrected chi connectivity index (χ0v) is 13.3. The van der Waals surface area contributed by atoms with E-state index in [1.807, 2.05) is 0 Å². The average molecular weight is 354 g/mol. The monoisotopic (exact) mass is 354 g/mol. The molecule has 10 nitrogen and oxygen atoms in total. The van der Waals surface area contributed by atoms with Crippen LogP contribution < -0.4 is 5.32 Å². The Morgan fingerprint density at radius 2 is 2.12 bits per heavy atom. The lowest BCUT2D eigenvalue weighted by Crippen LogP contribution is -2.29. The molecule has 1 amide bonds. The second kappa shape index (κ2) is 7.08. The summed E-state index contributed by atoms with van der Waals surface area (Å²) in [6.07, 6.45) is -0.0558. The summed E-state index contributed by atoms with van der Waals surface area (Å²) in [7, 11) is -4.18. The summed E-state index contributed by atoms with van der Waals surface area (Å²) in [6, 6.07) is 4.84. The van der Waals surface area contributed by atoms with Gasteiger partial charge in [-0.1, -0.05) is 6.07 Å². The Balaban J connectivity index is 2.55. The first-order chi connectivity index (χ1) is 11.4. The van der Waals surface area contributed by atoms with Crippen molar-refractivity contribution in [2.24, 2.45) is 0 Å². The highest BCUT2D eigenvalue weighted by molar-refractivity contribution is 7.91. The zero-order valence-electron chi connectivity index (χ0n) is 12.5. The van der Waals surface area contributed by atoms with Crippen LogP contribution in [0.15, 0.2) is 29.4 Å². The van der Waals surface area contributed by atoms with E-state index in [-0.39, 0.29) is 23.6 Å². The number of amides is 1. The van der Waals surface area contributed by atoms with Crippen LogP contribution in [0.4, 0.5) is 4.79 Å². The second-order valence-electron chi connectivity index (χ2n) is 4.45. The second-order valence-corrected chi connectivity index (χ2v) is 6.38. The fraction of sp³-hybridized carbons (Fsp3) is 0.231. The maximum Gasteiger partial charge on any atom is 0.405 e. The number of aromatic nitrogens is 3. The number of ether oxygens (including phenoxy) is 1. The number of sulfone groups is 1. The van der Waals surface area contributed by atoms with Gasteiger partial charge < -0.3 is 15.2 Å². The third-order valence-electron chi connectivity index (χ3n) is 2.84. The molecule has 2 heterocycles. The molecule has 2 aromatic rings. The van der Waals surface area contributed by atoms with Crippen LogP contribution in [0.5, 0.6) is 0 Å². The molecule has 11 heteroatoms. The number of carbonyl (C=O) groups excluding carboxylic acids is 1. The highest BCUT2D eigenvalue weighted by atomic mass is 32.2. The predicted octanol–water partition coefficient (Wildman–Crippen LogP) is 0.647. The van der Waals surface area contributed by atoms with Gasteiger partial charge in [0, 0.05) is 6.20 Å². The summed E-state index contributed by atoms with van der Waals surface area (Å²) in [4.78, 5) is 26.7. The Bertz CT molecular complexity index is 847. The minimum Gasteiger partial charge on any atom is -0.465 e. The van der Waals surface area contributed by atoms with Crippen molar-refractivity contribution >= 4 is 21.9 Å². The largest absolute Gasteiger partial charge is 0.465 e. The van der Waals surface area contributed by atoms with E-state index in [1.165, 1.54) is 6.20 Å². The fourth-order valence-electron chi connectivity index (χ4n) is 1.86. The van der Waals surface area contributed by atoms with Crippen molar-refractivity contribution < 1.29 is 27.9 Å². The van der Waals surface area contributed by atoms with Gasteiger partial charge in [0.2, 0.25) is 9.84 Å². The lowest BCUT2D eigenvalue weighted by Gasteiger charge is -2.06. The van der Waals surface area contributed by atoms with E-state index in [1.54, 1.807) is 30.4 Å². The lowest BCUT2D eigenvalue weighted by molar-refractivity contribution is 0.0522. The molecule has 0 fully saturated rings. The molecule has 0 atom stereocenters. The molecule has 2 aromatic heterocycles. The molecule has 2 rings (SSSR count). The van der Waals surface area contributed by atoms with Crippen LogP contribution in [0, 0.1) is 0 Å². The summed E-state index contributed by atoms with van der Waals surface area (Å²) in [6.45, 7) is 1.59. The molecule has 0 saturated heterocycles. The normalized spacial score (nSPS) is 11.0. The van der Waals surface area contributed by atoms with Gasteiger partial charge in [-0.05, 0) is 19.1 Å². The Labute approximate surface area is 136 Å². The molecule has 0 aliphatic heterocycles. The van der Waals surface area contributed by atoms with E-state index >= 15 is 0 Å². The van der Waals surface area contributed by atoms with Crippen molar-refractivity contribution in [3.63, 3.8) is 0 Å². The van der Waals surface area contributed by atoms with Crippen LogP contribution in [0.25, 0.3) is 11.4 Å². The summed E-state index contributed by atoms with van der Waals surface area (Å²) in [5, 5.41) is 15.9. The number of aromatic amines is 1. The van der Waals surface area contributed by atoms with Gasteiger partial charge in [0.05, 0.1) is 12.3 Å². The number of esters is 1. The molecule has 0 unspecified atom stereocenters. The maximum atomic E-state index is 12.3. The summed E-state index contributed by atoms with van der Waals surface area (Å²) >= 11 is 0. The Morgan fingerprint density at radius 3 is 2.71 bits per heavy atom. The molecule has 0 aromatic carbocycles. The summed E-state index contributed by atoms with van der Waals surface area (Å²) in [5.41, 5.74) is -0.0462. The number of carbonyl (C=O) groups is 2. The van der Waals surface area contributed by atoms with E-state index < -0.39 is 32.8 Å². The van der Waals surface area contributed by atoms with Crippen molar-refractivity contribution in [3.05, 3.63) is 30.0 Å². The minimum atomic E-state index is -4.18. The molecule has 24 heavy (non-hydrogen) atoms. The third-order valence-corrected chi connectivity index (χ3v) is 4.29. The van der Waals surface area contributed by atoms with Gasteiger partial charge in [-0.3, -0.25) is 10.1 Å². The molecular weight excluding hydrogens is 340 g/mol. The first-order valence-electron chi connectivity index (χ1n) is 6.73. The molecule has 3 N–H and O–H groups in total. The van der Waals surface area contributed by atoms with E-state index in [0.29, 0.717) is 0 Å². The number of rotatable bonds is 6. The Kier molecular flexibility index (Phi) is 5.14. The molecule has 0 aliphatic rings. The van der Waals surface area contributed by atoms with Crippen LogP contribution in [0.3, 0.4) is 0 Å². The molecular formula is C13H14N4O6S. The van der Waals surface area contributed by atoms with E-state index in [0.717, 1.165) is 0 Å². The quantitative estimate of drug-likeness (QED) is 0.639. The van der Waals surface area contributed by atoms with Crippen molar-refractivity contribution in [3.8, 4) is 11.4 Å². The number of nitrogens with zero attached hydrogens (tertiary/aromatic N) is 2. The molecule has 0 spiro atoms. The van der Waals surface area contributed by atoms with Crippen LogP contribution in [-0.4, -0.2) is 53.3 Å². The van der Waals surface area contributed by atoms with Crippen LogP contribution in [0.1, 0.15) is 17.3 Å². The standard InChI is InChI=1S/C13H14N4O6S/c1-2-23-12(18)9-10(8-5-3-4-6-14-8)16-17-11(9)24(21,22)7-15-13(19)20/h3-6,15H,2,7H2,1H3,(H,16,17)(H,19,20). The summed E-state index contributed by atoms with van der Waals surface area (Å²) in [5.74, 6) is -1.82. The van der Waals surface area contributed by atoms with Crippen LogP contribution in [-0.2, 0) is 14.6 Å². The third kappa shape index (κ3) is 3.68. The molecule has 0 saturated carbocycles. The number of pyridine rings is 1. The van der Waals surface area contributed by atoms with Gasteiger partial charge in [-0.2, -0.15) is 5.10 Å². The molecule has 0 radical (unpaired) electrons. The SMILES string of the molecule is CCOC(=O)c1c(-c2ccccn2)n[nH]c1S(=O)(=O)CNC(=O)O. The first kappa shape index (κ1) is 17.4. The van der Waals surface area contributed by atoms with Gasteiger partial charge >= 0.3 is 12.1 Å². The van der Waals surface area contributed by atoms with E-state index in [2.05, 4.69) is 15.2 Å². The number of H-pyrrole nitrogens is 1. The maximum absolute atomic E-state index is 12.3. The number of hydrogen-bond acceptors (Lipinski definition) is 7. The molecule has 0 bridgehead atoms. The smallest absolute Gasteiger partial charge is 0.405 e. The lowest BCUT2D eigenvalue weighted by atomic mass is 10.2. The summed E-state index contributed by atoms with van der Waals surface area (Å²) < 4.78 is 29.5. The van der Waals surface area contributed by atoms with Crippen molar-refractivity contribution in [1.29, 1.82) is 0 Å². The van der Waals surface area contributed by atoms with Gasteiger partial charge in [0.1, 0.15) is 17.1 Å². The van der Waals surface area contributed by atoms with Crippen molar-refractivity contribution in [2.75, 3.05) is 12.5 Å². The van der Waals surface area contributed by atoms with Crippen LogP contribution >= 0.6 is 0 Å². The zero-order chi connectivity index (χ0) is 17.7. The highest BCUT2D eigenvalue weighted by Crippen LogP contribution is 2.26. The van der Waals surface area contributed by atoms with E-state index in [9.17, 15) is 18.0 Å². The van der Waals surface area contributed by atoms with E-state index in [4.69, 9.17) is 9.84 Å². The van der Waals surface area contributed by atoms with Gasteiger partial charge in [-0.25, -0.2) is 18.0 Å². The fourth-order valence-corrected chi connectivity index (χ4v) is 2.99.